The van der Waals surface area contributed by atoms with Crippen molar-refractivity contribution in [3.63, 3.8) is 0 Å². The summed E-state index contributed by atoms with van der Waals surface area (Å²) in [6.45, 7) is -0.0473. The number of hydrogen-bond acceptors (Lipinski definition) is 7. The Hall–Kier alpha value is -4.98. The van der Waals surface area contributed by atoms with Gasteiger partial charge in [0.2, 0.25) is 0 Å². The molecular weight excluding hydrogens is 580 g/mol. The van der Waals surface area contributed by atoms with E-state index in [0.717, 1.165) is 61.2 Å². The molecule has 5 aromatic carbocycles. The predicted octanol–water partition coefficient (Wildman–Crippen LogP) is 7.21. The minimum atomic E-state index is -1.39. The first-order chi connectivity index (χ1) is 22.4. The van der Waals surface area contributed by atoms with Gasteiger partial charge in [-0.25, -0.2) is 0 Å². The molecule has 0 spiro atoms. The van der Waals surface area contributed by atoms with Crippen molar-refractivity contribution in [1.29, 1.82) is 0 Å². The van der Waals surface area contributed by atoms with E-state index in [1.54, 1.807) is 28.4 Å². The van der Waals surface area contributed by atoms with Crippen LogP contribution in [-0.2, 0) is 11.2 Å². The summed E-state index contributed by atoms with van der Waals surface area (Å²) in [5.74, 6) is 3.45. The van der Waals surface area contributed by atoms with E-state index in [1.807, 2.05) is 84.9 Å². The highest BCUT2D eigenvalue weighted by molar-refractivity contribution is 6.08. The highest BCUT2D eigenvalue weighted by Gasteiger charge is 2.47. The van der Waals surface area contributed by atoms with Gasteiger partial charge in [0.05, 0.1) is 28.4 Å². The van der Waals surface area contributed by atoms with Crippen molar-refractivity contribution in [3.05, 3.63) is 119 Å². The molecule has 7 rings (SSSR count). The minimum Gasteiger partial charge on any atom is -0.497 e. The van der Waals surface area contributed by atoms with E-state index in [2.05, 4.69) is 12.2 Å². The number of aliphatic hydroxyl groups is 2. The van der Waals surface area contributed by atoms with Crippen molar-refractivity contribution >= 4 is 16.8 Å². The van der Waals surface area contributed by atoms with Gasteiger partial charge in [0, 0.05) is 34.2 Å². The Kier molecular flexibility index (Phi) is 7.38. The first-order valence-corrected chi connectivity index (χ1v) is 15.3. The van der Waals surface area contributed by atoms with Gasteiger partial charge in [0.1, 0.15) is 34.3 Å². The lowest BCUT2D eigenvalue weighted by molar-refractivity contribution is 0.0659. The average Bonchev–Trinajstić information content (AvgIpc) is 3.38. The van der Waals surface area contributed by atoms with Gasteiger partial charge < -0.3 is 33.9 Å². The Labute approximate surface area is 268 Å². The molecule has 0 aromatic heterocycles. The van der Waals surface area contributed by atoms with Crippen LogP contribution in [0.4, 0.5) is 0 Å². The molecule has 2 N–H and O–H groups in total. The van der Waals surface area contributed by atoms with Crippen LogP contribution in [0.3, 0.4) is 0 Å². The van der Waals surface area contributed by atoms with Crippen LogP contribution in [0.5, 0.6) is 28.7 Å². The predicted molar refractivity (Wildman–Crippen MR) is 178 cm³/mol. The third-order valence-electron chi connectivity index (χ3n) is 9.34. The van der Waals surface area contributed by atoms with Crippen LogP contribution in [0.1, 0.15) is 40.7 Å². The molecule has 2 aliphatic rings. The lowest BCUT2D eigenvalue weighted by Crippen LogP contribution is -2.35. The van der Waals surface area contributed by atoms with E-state index in [1.165, 1.54) is 0 Å². The maximum absolute atomic E-state index is 12.7. The van der Waals surface area contributed by atoms with E-state index >= 15 is 0 Å². The van der Waals surface area contributed by atoms with Crippen LogP contribution in [0.2, 0.25) is 0 Å². The third kappa shape index (κ3) is 4.42. The van der Waals surface area contributed by atoms with Gasteiger partial charge in [0.25, 0.3) is 0 Å². The topological polar surface area (TPSA) is 86.6 Å². The normalized spacial score (nSPS) is 17.1. The maximum atomic E-state index is 12.7. The molecule has 1 atom stereocenters. The second-order valence-electron chi connectivity index (χ2n) is 11.6. The monoisotopic (exact) mass is 616 g/mol. The molecule has 234 valence electrons. The first-order valence-electron chi connectivity index (χ1n) is 15.3. The molecular formula is C39H36O7. The summed E-state index contributed by atoms with van der Waals surface area (Å²) in [4.78, 5) is 0. The van der Waals surface area contributed by atoms with Gasteiger partial charge >= 0.3 is 0 Å². The van der Waals surface area contributed by atoms with Crippen molar-refractivity contribution < 1.29 is 33.9 Å². The smallest absolute Gasteiger partial charge is 0.178 e. The van der Waals surface area contributed by atoms with Gasteiger partial charge in [-0.2, -0.15) is 0 Å². The molecule has 1 aliphatic carbocycles. The van der Waals surface area contributed by atoms with Crippen LogP contribution in [-0.4, -0.2) is 45.3 Å². The van der Waals surface area contributed by atoms with Crippen LogP contribution >= 0.6 is 0 Å². The number of methoxy groups -OCH3 is 4. The lowest BCUT2D eigenvalue weighted by Gasteiger charge is -2.38. The zero-order valence-corrected chi connectivity index (χ0v) is 26.3. The van der Waals surface area contributed by atoms with Crippen LogP contribution < -0.4 is 23.7 Å². The highest BCUT2D eigenvalue weighted by atomic mass is 16.5. The molecule has 0 fully saturated rings. The fourth-order valence-electron chi connectivity index (χ4n) is 7.05. The largest absolute Gasteiger partial charge is 0.497 e. The van der Waals surface area contributed by atoms with E-state index in [-0.39, 0.29) is 6.61 Å². The molecule has 7 heteroatoms. The molecule has 0 saturated carbocycles. The Morgan fingerprint density at radius 3 is 1.83 bits per heavy atom. The lowest BCUT2D eigenvalue weighted by atomic mass is 9.79. The summed E-state index contributed by atoms with van der Waals surface area (Å²) in [5, 5.41) is 24.4. The standard InChI is InChI=1S/C39H36O7/c1-42-26-10-6-24(7-11-26)39(25-8-12-27(43-2)13-9-25)20-18-32-36-35(30-16-14-28(44-3)22-33(30)37(32)46-39)31-17-15-29(45-4)23-34(31)38(36,41)19-5-21-40/h6-18,20,22-23,40-41H,5,19,21H2,1-4H3. The molecule has 1 unspecified atom stereocenters. The van der Waals surface area contributed by atoms with E-state index in [4.69, 9.17) is 23.7 Å². The maximum Gasteiger partial charge on any atom is 0.178 e. The Morgan fingerprint density at radius 1 is 0.674 bits per heavy atom. The summed E-state index contributed by atoms with van der Waals surface area (Å²) in [6.07, 6.45) is 4.86. The molecule has 0 bridgehead atoms. The average molecular weight is 617 g/mol. The van der Waals surface area contributed by atoms with Crippen LogP contribution in [0.15, 0.2) is 91.0 Å². The molecule has 0 radical (unpaired) electrons. The van der Waals surface area contributed by atoms with Crippen molar-refractivity contribution in [3.8, 4) is 39.9 Å². The number of fused-ring (bicyclic) bond motifs is 8. The van der Waals surface area contributed by atoms with E-state index in [0.29, 0.717) is 30.1 Å². The Morgan fingerprint density at radius 2 is 1.24 bits per heavy atom. The third-order valence-corrected chi connectivity index (χ3v) is 9.34. The second kappa shape index (κ2) is 11.4. The molecule has 46 heavy (non-hydrogen) atoms. The summed E-state index contributed by atoms with van der Waals surface area (Å²) >= 11 is 0. The number of hydrogen-bond donors (Lipinski definition) is 2. The van der Waals surface area contributed by atoms with Crippen molar-refractivity contribution in [1.82, 2.24) is 0 Å². The molecule has 1 heterocycles. The molecule has 7 nitrogen and oxygen atoms in total. The SMILES string of the molecule is COc1ccc(C2(c3ccc(OC)cc3)C=Cc3c4c(c5ccc(OC)cc5c3O2)-c2ccc(OC)cc2C4(O)CCCO)cc1. The van der Waals surface area contributed by atoms with Gasteiger partial charge in [-0.05, 0) is 95.6 Å². The van der Waals surface area contributed by atoms with E-state index < -0.39 is 11.2 Å². The Balaban J connectivity index is 1.55. The molecule has 0 amide bonds. The number of benzene rings is 5. The van der Waals surface area contributed by atoms with Gasteiger partial charge in [-0.15, -0.1) is 0 Å². The quantitative estimate of drug-likeness (QED) is 0.181. The van der Waals surface area contributed by atoms with Gasteiger partial charge in [-0.3, -0.25) is 0 Å². The molecule has 0 saturated heterocycles. The number of rotatable bonds is 9. The molecule has 1 aliphatic heterocycles. The fourth-order valence-corrected chi connectivity index (χ4v) is 7.05. The number of aliphatic hydroxyl groups excluding tert-OH is 1. The second-order valence-corrected chi connectivity index (χ2v) is 11.6. The molecule has 5 aromatic rings. The number of ether oxygens (including phenoxy) is 5. The van der Waals surface area contributed by atoms with Crippen molar-refractivity contribution in [2.75, 3.05) is 35.0 Å². The van der Waals surface area contributed by atoms with Gasteiger partial charge in [0.15, 0.2) is 5.60 Å². The summed E-state index contributed by atoms with van der Waals surface area (Å²) < 4.78 is 29.6. The first kappa shape index (κ1) is 29.7. The fraction of sp³-hybridized carbons (Fsp3) is 0.231. The Bertz CT molecular complexity index is 1910. The summed E-state index contributed by atoms with van der Waals surface area (Å²) in [6, 6.07) is 27.5. The van der Waals surface area contributed by atoms with Crippen LogP contribution in [0, 0.1) is 0 Å². The zero-order chi connectivity index (χ0) is 32.1. The van der Waals surface area contributed by atoms with Crippen LogP contribution in [0.25, 0.3) is 28.0 Å². The minimum absolute atomic E-state index is 0.0473. The van der Waals surface area contributed by atoms with Gasteiger partial charge in [-0.1, -0.05) is 36.4 Å². The highest BCUT2D eigenvalue weighted by Crippen LogP contribution is 2.59. The van der Waals surface area contributed by atoms with Crippen molar-refractivity contribution in [2.45, 2.75) is 24.0 Å². The van der Waals surface area contributed by atoms with Crippen molar-refractivity contribution in [2.24, 2.45) is 0 Å². The van der Waals surface area contributed by atoms with E-state index in [9.17, 15) is 10.2 Å². The summed E-state index contributed by atoms with van der Waals surface area (Å²) in [7, 11) is 6.56. The zero-order valence-electron chi connectivity index (χ0n) is 26.3. The summed E-state index contributed by atoms with van der Waals surface area (Å²) in [5.41, 5.74) is 3.53.